The molecule has 6 heteroatoms. The maximum atomic E-state index is 8.69. The van der Waals surface area contributed by atoms with Gasteiger partial charge in [-0.15, -0.1) is 0 Å². The van der Waals surface area contributed by atoms with E-state index in [1.165, 1.54) is 13.0 Å². The second-order valence-corrected chi connectivity index (χ2v) is 5.15. The van der Waals surface area contributed by atoms with Gasteiger partial charge in [0.2, 0.25) is 0 Å². The minimum absolute atomic E-state index is 0.0552. The first-order chi connectivity index (χ1) is 9.72. The number of pyridine rings is 1. The van der Waals surface area contributed by atoms with E-state index in [1.54, 1.807) is 6.20 Å². The molecule has 2 rings (SSSR count). The summed E-state index contributed by atoms with van der Waals surface area (Å²) in [7, 11) is 0. The Morgan fingerprint density at radius 2 is 2.05 bits per heavy atom. The van der Waals surface area contributed by atoms with Crippen molar-refractivity contribution >= 4 is 5.84 Å². The summed E-state index contributed by atoms with van der Waals surface area (Å²) in [6.45, 7) is 8.73. The summed E-state index contributed by atoms with van der Waals surface area (Å²) in [6.07, 6.45) is 2.92. The molecule has 0 aromatic carbocycles. The van der Waals surface area contributed by atoms with Gasteiger partial charge in [0.25, 0.3) is 0 Å². The van der Waals surface area contributed by atoms with Crippen LogP contribution in [0.1, 0.15) is 24.6 Å². The van der Waals surface area contributed by atoms with Crippen LogP contribution in [0.5, 0.6) is 0 Å². The molecule has 0 unspecified atom stereocenters. The van der Waals surface area contributed by atoms with E-state index in [9.17, 15) is 0 Å². The molecule has 0 amide bonds. The summed E-state index contributed by atoms with van der Waals surface area (Å²) in [5, 5.41) is 11.7. The summed E-state index contributed by atoms with van der Waals surface area (Å²) >= 11 is 0. The Balaban J connectivity index is 1.91. The fourth-order valence-corrected chi connectivity index (χ4v) is 2.51. The van der Waals surface area contributed by atoms with Crippen molar-refractivity contribution in [3.63, 3.8) is 0 Å². The lowest BCUT2D eigenvalue weighted by molar-refractivity contribution is 0.127. The van der Waals surface area contributed by atoms with Crippen LogP contribution in [0, 0.1) is 0 Å². The zero-order valence-corrected chi connectivity index (χ0v) is 12.0. The Morgan fingerprint density at radius 1 is 1.35 bits per heavy atom. The van der Waals surface area contributed by atoms with Crippen molar-refractivity contribution in [3.8, 4) is 0 Å². The second kappa shape index (κ2) is 7.21. The molecule has 1 aromatic rings. The largest absolute Gasteiger partial charge is 0.409 e. The molecule has 1 fully saturated rings. The number of amidine groups is 1. The van der Waals surface area contributed by atoms with Gasteiger partial charge in [-0.3, -0.25) is 9.88 Å². The topological polar surface area (TPSA) is 78.0 Å². The van der Waals surface area contributed by atoms with Crippen LogP contribution in [-0.4, -0.2) is 58.6 Å². The average molecular weight is 277 g/mol. The number of oxime groups is 1. The number of aromatic nitrogens is 1. The van der Waals surface area contributed by atoms with Gasteiger partial charge in [-0.1, -0.05) is 12.1 Å². The number of rotatable bonds is 5. The number of hydrogen-bond acceptors (Lipinski definition) is 5. The third kappa shape index (κ3) is 3.91. The minimum Gasteiger partial charge on any atom is -0.409 e. The SMILES string of the molecule is CCCN1CCN(Cc2ccnc(C(N)=NO)c2)CC1. The molecule has 1 aliphatic heterocycles. The second-order valence-electron chi connectivity index (χ2n) is 5.15. The average Bonchev–Trinajstić information content (AvgIpc) is 2.49. The standard InChI is InChI=1S/C14H23N5O/c1-2-5-18-6-8-19(9-7-18)11-12-3-4-16-13(10-12)14(15)17-20/h3-4,10,20H,2,5-9,11H2,1H3,(H2,15,17). The van der Waals surface area contributed by atoms with Gasteiger partial charge in [0.15, 0.2) is 5.84 Å². The summed E-state index contributed by atoms with van der Waals surface area (Å²) in [4.78, 5) is 9.03. The van der Waals surface area contributed by atoms with Crippen LogP contribution in [0.25, 0.3) is 0 Å². The normalized spacial score (nSPS) is 18.4. The molecule has 0 saturated carbocycles. The van der Waals surface area contributed by atoms with Crippen molar-refractivity contribution < 1.29 is 5.21 Å². The lowest BCUT2D eigenvalue weighted by Crippen LogP contribution is -2.46. The Kier molecular flexibility index (Phi) is 5.31. The predicted molar refractivity (Wildman–Crippen MR) is 78.8 cm³/mol. The monoisotopic (exact) mass is 277 g/mol. The molecule has 6 nitrogen and oxygen atoms in total. The van der Waals surface area contributed by atoms with Gasteiger partial charge < -0.3 is 15.8 Å². The van der Waals surface area contributed by atoms with Crippen molar-refractivity contribution in [2.24, 2.45) is 10.9 Å². The third-order valence-electron chi connectivity index (χ3n) is 3.61. The molecule has 3 N–H and O–H groups in total. The highest BCUT2D eigenvalue weighted by molar-refractivity contribution is 5.95. The van der Waals surface area contributed by atoms with Crippen LogP contribution in [-0.2, 0) is 6.54 Å². The Hall–Kier alpha value is -1.66. The molecule has 20 heavy (non-hydrogen) atoms. The van der Waals surface area contributed by atoms with E-state index < -0.39 is 0 Å². The van der Waals surface area contributed by atoms with E-state index in [0.717, 1.165) is 38.3 Å². The van der Waals surface area contributed by atoms with Gasteiger partial charge in [-0.25, -0.2) is 0 Å². The van der Waals surface area contributed by atoms with Crippen molar-refractivity contribution in [1.29, 1.82) is 0 Å². The van der Waals surface area contributed by atoms with E-state index in [2.05, 4.69) is 26.9 Å². The molecule has 1 aromatic heterocycles. The van der Waals surface area contributed by atoms with Gasteiger partial charge in [0, 0.05) is 38.9 Å². The Morgan fingerprint density at radius 3 is 2.70 bits per heavy atom. The van der Waals surface area contributed by atoms with Crippen LogP contribution in [0.15, 0.2) is 23.5 Å². The Labute approximate surface area is 119 Å². The first kappa shape index (κ1) is 14.7. The van der Waals surface area contributed by atoms with Crippen molar-refractivity contribution in [3.05, 3.63) is 29.6 Å². The fraction of sp³-hybridized carbons (Fsp3) is 0.571. The highest BCUT2D eigenvalue weighted by atomic mass is 16.4. The zero-order valence-electron chi connectivity index (χ0n) is 12.0. The highest BCUT2D eigenvalue weighted by Gasteiger charge is 2.16. The summed E-state index contributed by atoms with van der Waals surface area (Å²) < 4.78 is 0. The van der Waals surface area contributed by atoms with E-state index in [4.69, 9.17) is 10.9 Å². The lowest BCUT2D eigenvalue weighted by Gasteiger charge is -2.34. The molecule has 0 aliphatic carbocycles. The number of nitrogens with zero attached hydrogens (tertiary/aromatic N) is 4. The van der Waals surface area contributed by atoms with Gasteiger partial charge in [0.05, 0.1) is 0 Å². The van der Waals surface area contributed by atoms with E-state index in [1.807, 2.05) is 12.1 Å². The molecule has 2 heterocycles. The molecule has 0 spiro atoms. The maximum Gasteiger partial charge on any atom is 0.188 e. The number of nitrogens with two attached hydrogens (primary N) is 1. The zero-order chi connectivity index (χ0) is 14.4. The Bertz CT molecular complexity index is 455. The van der Waals surface area contributed by atoms with Crippen molar-refractivity contribution in [2.75, 3.05) is 32.7 Å². The van der Waals surface area contributed by atoms with Crippen LogP contribution >= 0.6 is 0 Å². The molecule has 0 bridgehead atoms. The van der Waals surface area contributed by atoms with Crippen molar-refractivity contribution in [1.82, 2.24) is 14.8 Å². The molecular weight excluding hydrogens is 254 g/mol. The van der Waals surface area contributed by atoms with Gasteiger partial charge in [-0.05, 0) is 30.7 Å². The molecule has 0 radical (unpaired) electrons. The summed E-state index contributed by atoms with van der Waals surface area (Å²) in [6, 6.07) is 3.86. The summed E-state index contributed by atoms with van der Waals surface area (Å²) in [5.74, 6) is 0.0552. The van der Waals surface area contributed by atoms with Crippen LogP contribution < -0.4 is 5.73 Å². The van der Waals surface area contributed by atoms with Gasteiger partial charge in [-0.2, -0.15) is 0 Å². The van der Waals surface area contributed by atoms with Crippen molar-refractivity contribution in [2.45, 2.75) is 19.9 Å². The molecule has 0 atom stereocenters. The van der Waals surface area contributed by atoms with Gasteiger partial charge >= 0.3 is 0 Å². The predicted octanol–water partition coefficient (Wildman–Crippen LogP) is 0.704. The van der Waals surface area contributed by atoms with E-state index in [-0.39, 0.29) is 5.84 Å². The van der Waals surface area contributed by atoms with Crippen LogP contribution in [0.2, 0.25) is 0 Å². The van der Waals surface area contributed by atoms with E-state index in [0.29, 0.717) is 5.69 Å². The first-order valence-electron chi connectivity index (χ1n) is 7.10. The first-order valence-corrected chi connectivity index (χ1v) is 7.10. The molecule has 1 saturated heterocycles. The maximum absolute atomic E-state index is 8.69. The molecule has 1 aliphatic rings. The molecule has 110 valence electrons. The fourth-order valence-electron chi connectivity index (χ4n) is 2.51. The quantitative estimate of drug-likeness (QED) is 0.358. The smallest absolute Gasteiger partial charge is 0.188 e. The molecular formula is C14H23N5O. The highest BCUT2D eigenvalue weighted by Crippen LogP contribution is 2.09. The minimum atomic E-state index is 0.0552. The van der Waals surface area contributed by atoms with Crippen LogP contribution in [0.4, 0.5) is 0 Å². The summed E-state index contributed by atoms with van der Waals surface area (Å²) in [5.41, 5.74) is 7.23. The number of hydrogen-bond donors (Lipinski definition) is 2. The third-order valence-corrected chi connectivity index (χ3v) is 3.61. The lowest BCUT2D eigenvalue weighted by atomic mass is 10.2. The van der Waals surface area contributed by atoms with E-state index >= 15 is 0 Å². The van der Waals surface area contributed by atoms with Gasteiger partial charge in [0.1, 0.15) is 5.69 Å². The number of piperazine rings is 1. The van der Waals surface area contributed by atoms with Crippen LogP contribution in [0.3, 0.4) is 0 Å².